The molecule has 2 aliphatic heterocycles. The van der Waals surface area contributed by atoms with Crippen LogP contribution in [0.2, 0.25) is 0 Å². The van der Waals surface area contributed by atoms with Gasteiger partial charge in [0.1, 0.15) is 6.61 Å². The maximum Gasteiger partial charge on any atom is 0.416 e. The summed E-state index contributed by atoms with van der Waals surface area (Å²) in [6.07, 6.45) is 3.14. The Morgan fingerprint density at radius 1 is 1.21 bits per heavy atom. The second-order valence-electron chi connectivity index (χ2n) is 7.57. The van der Waals surface area contributed by atoms with Crippen molar-refractivity contribution in [2.75, 3.05) is 18.1 Å². The topological polar surface area (TPSA) is 70.1 Å². The molecule has 2 atom stereocenters. The summed E-state index contributed by atoms with van der Waals surface area (Å²) < 4.78 is 5.43. The van der Waals surface area contributed by atoms with Crippen molar-refractivity contribution in [1.82, 2.24) is 4.90 Å². The molecule has 0 bridgehead atoms. The van der Waals surface area contributed by atoms with E-state index in [-0.39, 0.29) is 12.5 Å². The van der Waals surface area contributed by atoms with Gasteiger partial charge in [-0.25, -0.2) is 9.69 Å². The summed E-state index contributed by atoms with van der Waals surface area (Å²) >= 11 is 0. The number of para-hydroxylation sites is 1. The Hall–Kier alpha value is -3.12. The van der Waals surface area contributed by atoms with Gasteiger partial charge in [0.05, 0.1) is 16.8 Å². The average Bonchev–Trinajstić information content (AvgIpc) is 3.12. The summed E-state index contributed by atoms with van der Waals surface area (Å²) in [5.74, 6) is -0.168. The molecule has 1 N–H and O–H groups in total. The Bertz CT molecular complexity index is 943. The highest BCUT2D eigenvalue weighted by Crippen LogP contribution is 2.41. The molecular formula is C23H24N2O4. The van der Waals surface area contributed by atoms with E-state index in [1.165, 1.54) is 4.90 Å². The normalized spacial score (nSPS) is 23.7. The van der Waals surface area contributed by atoms with Gasteiger partial charge in [0, 0.05) is 6.54 Å². The second-order valence-corrected chi connectivity index (χ2v) is 7.57. The molecule has 2 aromatic rings. The lowest BCUT2D eigenvalue weighted by Crippen LogP contribution is -2.59. The van der Waals surface area contributed by atoms with Crippen LogP contribution in [0.5, 0.6) is 0 Å². The van der Waals surface area contributed by atoms with Crippen LogP contribution in [0.15, 0.2) is 60.7 Å². The highest BCUT2D eigenvalue weighted by molar-refractivity contribution is 6.05. The van der Waals surface area contributed by atoms with Crippen molar-refractivity contribution in [2.24, 2.45) is 0 Å². The van der Waals surface area contributed by atoms with Crippen LogP contribution in [0.4, 0.5) is 10.5 Å². The smallest absolute Gasteiger partial charge is 0.416 e. The van der Waals surface area contributed by atoms with Gasteiger partial charge >= 0.3 is 6.09 Å². The van der Waals surface area contributed by atoms with Gasteiger partial charge in [-0.05, 0) is 43.5 Å². The first kappa shape index (κ1) is 19.2. The van der Waals surface area contributed by atoms with Gasteiger partial charge in [-0.1, -0.05) is 48.5 Å². The minimum atomic E-state index is -1.19. The molecule has 0 unspecified atom stereocenters. The van der Waals surface area contributed by atoms with E-state index in [4.69, 9.17) is 4.74 Å². The van der Waals surface area contributed by atoms with E-state index in [0.29, 0.717) is 24.2 Å². The number of anilines is 1. The van der Waals surface area contributed by atoms with Crippen LogP contribution in [0.3, 0.4) is 0 Å². The monoisotopic (exact) mass is 392 g/mol. The quantitative estimate of drug-likeness (QED) is 0.865. The molecule has 0 aromatic heterocycles. The molecule has 2 aliphatic rings. The number of ether oxygens (including phenoxy) is 1. The molecule has 2 aromatic carbocycles. The molecule has 2 amide bonds. The van der Waals surface area contributed by atoms with E-state index in [0.717, 1.165) is 12.0 Å². The fourth-order valence-corrected chi connectivity index (χ4v) is 4.14. The van der Waals surface area contributed by atoms with Gasteiger partial charge < -0.3 is 14.7 Å². The molecular weight excluding hydrogens is 368 g/mol. The number of rotatable bonds is 3. The fourth-order valence-electron chi connectivity index (χ4n) is 4.14. The van der Waals surface area contributed by atoms with Crippen LogP contribution in [-0.4, -0.2) is 46.9 Å². The number of aliphatic hydroxyl groups is 1. The Kier molecular flexibility index (Phi) is 5.11. The first-order valence-corrected chi connectivity index (χ1v) is 9.79. The van der Waals surface area contributed by atoms with Crippen LogP contribution < -0.4 is 4.90 Å². The summed E-state index contributed by atoms with van der Waals surface area (Å²) in [5, 5.41) is 11.2. The SMILES string of the molecule is C[C@@]12CCCN1C(=O)c1ccccc1N(C(=O)OC/C=C/c1ccccc1)[C@H]2O. The summed E-state index contributed by atoms with van der Waals surface area (Å²) in [6.45, 7) is 2.45. The molecule has 0 saturated carbocycles. The van der Waals surface area contributed by atoms with Crippen molar-refractivity contribution < 1.29 is 19.4 Å². The zero-order valence-electron chi connectivity index (χ0n) is 16.3. The lowest BCUT2D eigenvalue weighted by atomic mass is 9.96. The number of hydrogen-bond donors (Lipinski definition) is 1. The summed E-state index contributed by atoms with van der Waals surface area (Å²) in [5.41, 5.74) is 0.921. The number of amides is 2. The third-order valence-corrected chi connectivity index (χ3v) is 5.73. The third-order valence-electron chi connectivity index (χ3n) is 5.73. The first-order valence-electron chi connectivity index (χ1n) is 9.79. The number of hydrogen-bond acceptors (Lipinski definition) is 4. The van der Waals surface area contributed by atoms with E-state index in [9.17, 15) is 14.7 Å². The molecule has 150 valence electrons. The fraction of sp³-hybridized carbons (Fsp3) is 0.304. The number of aliphatic hydroxyl groups excluding tert-OH is 1. The van der Waals surface area contributed by atoms with Crippen LogP contribution >= 0.6 is 0 Å². The Balaban J connectivity index is 1.59. The first-order chi connectivity index (χ1) is 14.0. The predicted octanol–water partition coefficient (Wildman–Crippen LogP) is 3.67. The molecule has 2 heterocycles. The minimum absolute atomic E-state index is 0.0630. The maximum absolute atomic E-state index is 13.1. The van der Waals surface area contributed by atoms with Crippen molar-refractivity contribution in [2.45, 2.75) is 31.5 Å². The van der Waals surface area contributed by atoms with Gasteiger partial charge in [-0.2, -0.15) is 0 Å². The number of benzene rings is 2. The molecule has 29 heavy (non-hydrogen) atoms. The van der Waals surface area contributed by atoms with Crippen LogP contribution in [0.1, 0.15) is 35.7 Å². The van der Waals surface area contributed by atoms with Crippen molar-refractivity contribution in [1.29, 1.82) is 0 Å². The molecule has 0 aliphatic carbocycles. The molecule has 6 nitrogen and oxygen atoms in total. The zero-order valence-corrected chi connectivity index (χ0v) is 16.3. The largest absolute Gasteiger partial charge is 0.445 e. The molecule has 6 heteroatoms. The van der Waals surface area contributed by atoms with Crippen molar-refractivity contribution in [3.8, 4) is 0 Å². The van der Waals surface area contributed by atoms with E-state index >= 15 is 0 Å². The molecule has 1 fully saturated rings. The van der Waals surface area contributed by atoms with Crippen molar-refractivity contribution >= 4 is 23.8 Å². The number of fused-ring (bicyclic) bond motifs is 2. The Morgan fingerprint density at radius 2 is 1.93 bits per heavy atom. The number of carbonyl (C=O) groups excluding carboxylic acids is 2. The van der Waals surface area contributed by atoms with Crippen LogP contribution in [0, 0.1) is 0 Å². The summed E-state index contributed by atoms with van der Waals surface area (Å²) in [7, 11) is 0. The zero-order chi connectivity index (χ0) is 20.4. The van der Waals surface area contributed by atoms with Crippen molar-refractivity contribution in [3.63, 3.8) is 0 Å². The number of nitrogens with zero attached hydrogens (tertiary/aromatic N) is 2. The highest BCUT2D eigenvalue weighted by Gasteiger charge is 2.52. The second kappa shape index (κ2) is 7.72. The maximum atomic E-state index is 13.1. The van der Waals surface area contributed by atoms with Gasteiger partial charge in [0.25, 0.3) is 5.91 Å². The van der Waals surface area contributed by atoms with Gasteiger partial charge in [0.2, 0.25) is 0 Å². The minimum Gasteiger partial charge on any atom is -0.445 e. The van der Waals surface area contributed by atoms with Gasteiger partial charge in [-0.3, -0.25) is 4.79 Å². The lowest BCUT2D eigenvalue weighted by Gasteiger charge is -2.40. The lowest BCUT2D eigenvalue weighted by molar-refractivity contribution is 0.00846. The summed E-state index contributed by atoms with van der Waals surface area (Å²) in [6, 6.07) is 16.6. The Morgan fingerprint density at radius 3 is 2.72 bits per heavy atom. The van der Waals surface area contributed by atoms with Crippen molar-refractivity contribution in [3.05, 3.63) is 71.8 Å². The predicted molar refractivity (Wildman–Crippen MR) is 110 cm³/mol. The third kappa shape index (κ3) is 3.40. The van der Waals surface area contributed by atoms with E-state index in [1.54, 1.807) is 35.2 Å². The van der Waals surface area contributed by atoms with Gasteiger partial charge in [-0.15, -0.1) is 0 Å². The standard InChI is InChI=1S/C23H24N2O4/c1-23-14-8-15-24(23)20(26)18-12-5-6-13-19(18)25(21(23)27)22(28)29-16-7-11-17-9-3-2-4-10-17/h2-7,9-13,21,27H,8,14-16H2,1H3/b11-7+/t21-,23-/m0/s1. The van der Waals surface area contributed by atoms with E-state index < -0.39 is 17.9 Å². The molecule has 1 saturated heterocycles. The highest BCUT2D eigenvalue weighted by atomic mass is 16.6. The average molecular weight is 392 g/mol. The molecule has 4 rings (SSSR count). The Labute approximate surface area is 170 Å². The number of carbonyl (C=O) groups is 2. The van der Waals surface area contributed by atoms with Crippen LogP contribution in [0.25, 0.3) is 6.08 Å². The molecule has 0 radical (unpaired) electrons. The van der Waals surface area contributed by atoms with Crippen LogP contribution in [-0.2, 0) is 4.74 Å². The van der Waals surface area contributed by atoms with E-state index in [1.807, 2.05) is 43.3 Å². The van der Waals surface area contributed by atoms with E-state index in [2.05, 4.69) is 0 Å². The molecule has 0 spiro atoms. The summed E-state index contributed by atoms with van der Waals surface area (Å²) in [4.78, 5) is 28.9. The van der Waals surface area contributed by atoms with Gasteiger partial charge in [0.15, 0.2) is 6.23 Å².